The number of hydrogen-bond donors (Lipinski definition) is 1. The molecule has 7 rings (SSSR count). The Morgan fingerprint density at radius 2 is 1.93 bits per heavy atom. The Bertz CT molecular complexity index is 1290. The summed E-state index contributed by atoms with van der Waals surface area (Å²) in [7, 11) is 0. The van der Waals surface area contributed by atoms with Crippen LogP contribution in [-0.4, -0.2) is 28.0 Å². The minimum absolute atomic E-state index is 0. The van der Waals surface area contributed by atoms with Gasteiger partial charge in [0.15, 0.2) is 0 Å². The predicted molar refractivity (Wildman–Crippen MR) is 164 cm³/mol. The first-order chi connectivity index (χ1) is 19.7. The Labute approximate surface area is 268 Å². The maximum atomic E-state index is 10.4. The Hall–Kier alpha value is -1.14. The van der Waals surface area contributed by atoms with Crippen molar-refractivity contribution in [1.82, 2.24) is 4.57 Å². The number of aromatic nitrogens is 2. The number of rotatable bonds is 6. The second-order valence-electron chi connectivity index (χ2n) is 15.1. The normalized spacial score (nSPS) is 41.1. The number of aliphatic hydroxyl groups excluding tert-OH is 1. The summed E-state index contributed by atoms with van der Waals surface area (Å²) in [6.45, 7) is 10.9. The minimum Gasteiger partial charge on any atom is -1.00 e. The first-order valence-electron chi connectivity index (χ1n) is 16.5. The average Bonchev–Trinajstić information content (AvgIpc) is 3.63. The van der Waals surface area contributed by atoms with Crippen LogP contribution in [0.4, 0.5) is 0 Å². The number of allylic oxidation sites excluding steroid dienone is 1. The fraction of sp³-hybridized carbons (Fsp3) is 0.694. The number of halogens is 2. The highest BCUT2D eigenvalue weighted by atomic mass is 79.9. The lowest BCUT2D eigenvalue weighted by molar-refractivity contribution is -0.688. The third kappa shape index (κ3) is 5.16. The molecule has 0 spiro atoms. The average molecular weight is 658 g/mol. The third-order valence-electron chi connectivity index (χ3n) is 13.0. The van der Waals surface area contributed by atoms with Crippen LogP contribution in [0.25, 0.3) is 0 Å². The van der Waals surface area contributed by atoms with Gasteiger partial charge in [0.05, 0.1) is 24.4 Å². The van der Waals surface area contributed by atoms with Gasteiger partial charge in [0.2, 0.25) is 6.33 Å². The molecule has 3 unspecified atom stereocenters. The van der Waals surface area contributed by atoms with Gasteiger partial charge in [0, 0.05) is 5.02 Å². The molecule has 0 amide bonds. The van der Waals surface area contributed by atoms with E-state index in [4.69, 9.17) is 16.3 Å². The fourth-order valence-electron chi connectivity index (χ4n) is 10.8. The van der Waals surface area contributed by atoms with Crippen LogP contribution in [-0.2, 0) is 11.3 Å². The van der Waals surface area contributed by atoms with Crippen LogP contribution in [0.1, 0.15) is 97.1 Å². The number of aliphatic hydroxyl groups is 1. The van der Waals surface area contributed by atoms with Gasteiger partial charge < -0.3 is 26.8 Å². The summed E-state index contributed by atoms with van der Waals surface area (Å²) >= 11 is 6.06. The van der Waals surface area contributed by atoms with Crippen molar-refractivity contribution in [2.75, 3.05) is 0 Å². The van der Waals surface area contributed by atoms with Gasteiger partial charge in [0.1, 0.15) is 18.9 Å². The van der Waals surface area contributed by atoms with E-state index in [0.29, 0.717) is 40.9 Å². The smallest absolute Gasteiger partial charge is 0.244 e. The minimum atomic E-state index is -0.118. The molecule has 1 aliphatic heterocycles. The van der Waals surface area contributed by atoms with Crippen molar-refractivity contribution in [3.8, 4) is 0 Å². The zero-order valence-corrected chi connectivity index (χ0v) is 28.2. The molecule has 3 saturated carbocycles. The van der Waals surface area contributed by atoms with E-state index in [2.05, 4.69) is 73.8 Å². The highest BCUT2D eigenvalue weighted by Gasteiger charge is 2.64. The van der Waals surface area contributed by atoms with Crippen LogP contribution in [0.3, 0.4) is 0 Å². The van der Waals surface area contributed by atoms with Gasteiger partial charge in [0.25, 0.3) is 0 Å². The quantitative estimate of drug-likeness (QED) is 0.359. The van der Waals surface area contributed by atoms with Gasteiger partial charge in [-0.05, 0) is 123 Å². The first-order valence-corrected chi connectivity index (χ1v) is 16.9. The Morgan fingerprint density at radius 3 is 2.71 bits per heavy atom. The largest absolute Gasteiger partial charge is 1.00 e. The Morgan fingerprint density at radius 1 is 1.14 bits per heavy atom. The molecule has 4 aliphatic carbocycles. The molecule has 1 aromatic carbocycles. The lowest BCUT2D eigenvalue weighted by Gasteiger charge is -2.58. The highest BCUT2D eigenvalue weighted by Crippen LogP contribution is 2.69. The van der Waals surface area contributed by atoms with E-state index in [-0.39, 0.29) is 23.1 Å². The van der Waals surface area contributed by atoms with Crippen molar-refractivity contribution in [2.24, 2.45) is 40.4 Å². The zero-order valence-electron chi connectivity index (χ0n) is 25.9. The summed E-state index contributed by atoms with van der Waals surface area (Å²) in [6.07, 6.45) is 20.5. The molecule has 42 heavy (non-hydrogen) atoms. The van der Waals surface area contributed by atoms with Gasteiger partial charge in [-0.2, -0.15) is 0 Å². The predicted octanol–water partition coefficient (Wildman–Crippen LogP) is 4.78. The monoisotopic (exact) mass is 656 g/mol. The second kappa shape index (κ2) is 11.7. The van der Waals surface area contributed by atoms with E-state index < -0.39 is 0 Å². The summed E-state index contributed by atoms with van der Waals surface area (Å²) in [4.78, 5) is 0. The van der Waals surface area contributed by atoms with Gasteiger partial charge in [-0.3, -0.25) is 0 Å². The summed E-state index contributed by atoms with van der Waals surface area (Å²) in [5.41, 5.74) is 3.57. The van der Waals surface area contributed by atoms with E-state index in [1.165, 1.54) is 37.7 Å². The lowest BCUT2D eigenvalue weighted by Crippen LogP contribution is -3.00. The van der Waals surface area contributed by atoms with Crippen LogP contribution in [0.2, 0.25) is 5.02 Å². The number of benzene rings is 1. The zero-order chi connectivity index (χ0) is 28.5. The van der Waals surface area contributed by atoms with E-state index in [1.54, 1.807) is 5.57 Å². The van der Waals surface area contributed by atoms with Crippen molar-refractivity contribution < 1.29 is 31.4 Å². The summed E-state index contributed by atoms with van der Waals surface area (Å²) in [6, 6.07) is 8.60. The first kappa shape index (κ1) is 30.9. The van der Waals surface area contributed by atoms with E-state index in [0.717, 1.165) is 55.0 Å². The summed E-state index contributed by atoms with van der Waals surface area (Å²) < 4.78 is 11.6. The molecule has 5 aliphatic rings. The SMILES string of the molecule is C[C@H](CC[C@H]1OC2C[C@H]3[C@@H]4CC=C5CC(O)CC[C@]5(C)[C@H]4CC[C@]3(C)C2[C@@H]1C)n1cc[n+](Cc2ccc(Cl)cc2)c1.[Br-]. The molecular formula is C36H50BrClN2O2. The lowest BCUT2D eigenvalue weighted by atomic mass is 9.47. The number of ether oxygens (including phenoxy) is 1. The van der Waals surface area contributed by atoms with Crippen LogP contribution in [0, 0.1) is 40.4 Å². The molecule has 1 N–H and O–H groups in total. The second-order valence-corrected chi connectivity index (χ2v) is 15.6. The topological polar surface area (TPSA) is 38.3 Å². The Kier molecular flexibility index (Phi) is 8.57. The van der Waals surface area contributed by atoms with Gasteiger partial charge >= 0.3 is 0 Å². The molecule has 0 bridgehead atoms. The van der Waals surface area contributed by atoms with E-state index in [1.807, 2.05) is 12.1 Å². The molecule has 4 fully saturated rings. The molecule has 6 heteroatoms. The van der Waals surface area contributed by atoms with Crippen LogP contribution < -0.4 is 21.5 Å². The van der Waals surface area contributed by atoms with Crippen molar-refractivity contribution in [3.05, 3.63) is 65.2 Å². The summed E-state index contributed by atoms with van der Waals surface area (Å²) in [5, 5.41) is 11.1. The fourth-order valence-corrected chi connectivity index (χ4v) is 10.9. The van der Waals surface area contributed by atoms with Crippen molar-refractivity contribution in [3.63, 3.8) is 0 Å². The molecule has 2 heterocycles. The van der Waals surface area contributed by atoms with Crippen LogP contribution in [0.5, 0.6) is 0 Å². The standard InChI is InChI=1S/C36H50ClN2O2.BrH/c1-23(39-18-17-38(22-39)21-25-6-9-27(37)10-7-25)5-12-32-24(2)34-33(41-32)20-31-29-11-8-26-19-28(40)13-15-35(26,3)30(29)14-16-36(31,34)4;/h6-10,17-18,22-24,28-34,40H,5,11-16,19-21H2,1-4H3;1H/q+1;/p-1/t23-,24-,28?,29-,30+,31+,32-,33?,34?,35+,36+;/m1./s1. The number of nitrogens with zero attached hydrogens (tertiary/aromatic N) is 2. The summed E-state index contributed by atoms with van der Waals surface area (Å²) in [5.74, 6) is 3.71. The highest BCUT2D eigenvalue weighted by molar-refractivity contribution is 6.30. The maximum Gasteiger partial charge on any atom is 0.244 e. The molecule has 230 valence electrons. The molecule has 4 nitrogen and oxygen atoms in total. The van der Waals surface area contributed by atoms with Crippen LogP contribution in [0.15, 0.2) is 54.6 Å². The van der Waals surface area contributed by atoms with E-state index >= 15 is 0 Å². The van der Waals surface area contributed by atoms with Gasteiger partial charge in [-0.1, -0.05) is 56.2 Å². The molecule has 2 aromatic rings. The van der Waals surface area contributed by atoms with Crippen molar-refractivity contribution in [2.45, 2.75) is 116 Å². The van der Waals surface area contributed by atoms with Gasteiger partial charge in [-0.25, -0.2) is 9.13 Å². The van der Waals surface area contributed by atoms with E-state index in [9.17, 15) is 5.11 Å². The molecule has 0 radical (unpaired) electrons. The van der Waals surface area contributed by atoms with Gasteiger partial charge in [-0.15, -0.1) is 0 Å². The third-order valence-corrected chi connectivity index (χ3v) is 13.3. The molecule has 11 atom stereocenters. The molecule has 1 saturated heterocycles. The number of imidazole rings is 1. The van der Waals surface area contributed by atoms with Crippen LogP contribution >= 0.6 is 11.6 Å². The van der Waals surface area contributed by atoms with Crippen molar-refractivity contribution >= 4 is 11.6 Å². The van der Waals surface area contributed by atoms with Crippen molar-refractivity contribution in [1.29, 1.82) is 0 Å². The number of hydrogen-bond acceptors (Lipinski definition) is 2. The molecule has 1 aromatic heterocycles. The molecular weight excluding hydrogens is 608 g/mol. The maximum absolute atomic E-state index is 10.4. The number of fused-ring (bicyclic) bond motifs is 7. The Balaban J connectivity index is 0.00000316.